The molecule has 2 heterocycles. The van der Waals surface area contributed by atoms with E-state index < -0.39 is 0 Å². The van der Waals surface area contributed by atoms with Crippen LogP contribution < -0.4 is 10.1 Å². The third kappa shape index (κ3) is 3.57. The molecule has 6 nitrogen and oxygen atoms in total. The number of carbonyl (C=O) groups excluding carboxylic acids is 1. The summed E-state index contributed by atoms with van der Waals surface area (Å²) >= 11 is 0. The molecule has 0 saturated carbocycles. The zero-order valence-electron chi connectivity index (χ0n) is 11.3. The van der Waals surface area contributed by atoms with Gasteiger partial charge in [-0.05, 0) is 18.6 Å². The second kappa shape index (κ2) is 6.38. The average molecular weight is 265 g/mol. The maximum atomic E-state index is 12.0. The van der Waals surface area contributed by atoms with Gasteiger partial charge in [-0.15, -0.1) is 0 Å². The molecule has 0 aliphatic carbocycles. The Hall–Kier alpha value is -1.82. The molecule has 6 heteroatoms. The molecule has 1 aromatic heterocycles. The number of aromatic nitrogens is 1. The summed E-state index contributed by atoms with van der Waals surface area (Å²) in [4.78, 5) is 17.9. The standard InChI is InChI=1S/C13H19N3O3/c1-10-9-19-6-5-16(10)13(17)15-8-11-3-4-14-12(7-11)18-2/h3-4,7,10H,5-6,8-9H2,1-2H3,(H,15,17)/t10-/m0/s1. The molecule has 1 aromatic rings. The summed E-state index contributed by atoms with van der Waals surface area (Å²) in [7, 11) is 1.57. The molecular formula is C13H19N3O3. The smallest absolute Gasteiger partial charge is 0.318 e. The van der Waals surface area contributed by atoms with Crippen LogP contribution in [0.2, 0.25) is 0 Å². The molecule has 1 aliphatic heterocycles. The van der Waals surface area contributed by atoms with Crippen molar-refractivity contribution in [1.29, 1.82) is 0 Å². The van der Waals surface area contributed by atoms with E-state index in [-0.39, 0.29) is 12.1 Å². The fourth-order valence-electron chi connectivity index (χ4n) is 1.98. The first-order valence-electron chi connectivity index (χ1n) is 6.32. The molecule has 2 rings (SSSR count). The van der Waals surface area contributed by atoms with Crippen LogP contribution in [-0.4, -0.2) is 48.8 Å². The average Bonchev–Trinajstić information content (AvgIpc) is 2.45. The second-order valence-corrected chi connectivity index (χ2v) is 4.48. The van der Waals surface area contributed by atoms with Gasteiger partial charge in [-0.2, -0.15) is 0 Å². The minimum atomic E-state index is -0.0634. The van der Waals surface area contributed by atoms with Crippen molar-refractivity contribution in [3.63, 3.8) is 0 Å². The van der Waals surface area contributed by atoms with E-state index in [1.54, 1.807) is 18.2 Å². The molecule has 0 unspecified atom stereocenters. The largest absolute Gasteiger partial charge is 0.481 e. The lowest BCUT2D eigenvalue weighted by Crippen LogP contribution is -2.51. The summed E-state index contributed by atoms with van der Waals surface area (Å²) in [6.07, 6.45) is 1.66. The third-order valence-electron chi connectivity index (χ3n) is 3.08. The Labute approximate surface area is 112 Å². The molecule has 0 aromatic carbocycles. The highest BCUT2D eigenvalue weighted by atomic mass is 16.5. The van der Waals surface area contributed by atoms with Gasteiger partial charge in [0, 0.05) is 25.4 Å². The first-order chi connectivity index (χ1) is 9.20. The van der Waals surface area contributed by atoms with Crippen LogP contribution >= 0.6 is 0 Å². The zero-order valence-corrected chi connectivity index (χ0v) is 11.3. The monoisotopic (exact) mass is 265 g/mol. The van der Waals surface area contributed by atoms with E-state index in [1.165, 1.54) is 0 Å². The van der Waals surface area contributed by atoms with Crippen LogP contribution in [0.5, 0.6) is 5.88 Å². The lowest BCUT2D eigenvalue weighted by molar-refractivity contribution is 0.0190. The van der Waals surface area contributed by atoms with Gasteiger partial charge >= 0.3 is 6.03 Å². The molecule has 104 valence electrons. The van der Waals surface area contributed by atoms with Gasteiger partial charge in [0.1, 0.15) is 0 Å². The second-order valence-electron chi connectivity index (χ2n) is 4.48. The fraction of sp³-hybridized carbons (Fsp3) is 0.538. The summed E-state index contributed by atoms with van der Waals surface area (Å²) in [6, 6.07) is 3.71. The normalized spacial score (nSPS) is 19.1. The number of nitrogens with one attached hydrogen (secondary N) is 1. The number of methoxy groups -OCH3 is 1. The van der Waals surface area contributed by atoms with Crippen LogP contribution in [0.15, 0.2) is 18.3 Å². The highest BCUT2D eigenvalue weighted by molar-refractivity contribution is 5.74. The van der Waals surface area contributed by atoms with Gasteiger partial charge in [-0.3, -0.25) is 0 Å². The van der Waals surface area contributed by atoms with E-state index >= 15 is 0 Å². The molecule has 1 saturated heterocycles. The first-order valence-corrected chi connectivity index (χ1v) is 6.32. The number of pyridine rings is 1. The minimum absolute atomic E-state index is 0.0634. The van der Waals surface area contributed by atoms with Gasteiger partial charge in [0.15, 0.2) is 0 Å². The van der Waals surface area contributed by atoms with Gasteiger partial charge in [0.2, 0.25) is 5.88 Å². The number of ether oxygens (including phenoxy) is 2. The molecule has 2 amide bonds. The molecule has 1 aliphatic rings. The lowest BCUT2D eigenvalue weighted by Gasteiger charge is -2.33. The van der Waals surface area contributed by atoms with Crippen molar-refractivity contribution in [2.24, 2.45) is 0 Å². The van der Waals surface area contributed by atoms with E-state index in [9.17, 15) is 4.79 Å². The summed E-state index contributed by atoms with van der Waals surface area (Å²) in [6.45, 7) is 4.26. The number of rotatable bonds is 3. The van der Waals surface area contributed by atoms with Crippen LogP contribution in [0.25, 0.3) is 0 Å². The van der Waals surface area contributed by atoms with Gasteiger partial charge in [0.25, 0.3) is 0 Å². The topological polar surface area (TPSA) is 63.7 Å². The number of morpholine rings is 1. The van der Waals surface area contributed by atoms with Crippen molar-refractivity contribution in [2.45, 2.75) is 19.5 Å². The molecule has 1 atom stereocenters. The number of hydrogen-bond donors (Lipinski definition) is 1. The Morgan fingerprint density at radius 1 is 1.68 bits per heavy atom. The molecule has 1 N–H and O–H groups in total. The third-order valence-corrected chi connectivity index (χ3v) is 3.08. The molecule has 19 heavy (non-hydrogen) atoms. The van der Waals surface area contributed by atoms with Crippen LogP contribution in [-0.2, 0) is 11.3 Å². The van der Waals surface area contributed by atoms with Crippen LogP contribution in [0, 0.1) is 0 Å². The number of urea groups is 1. The van der Waals surface area contributed by atoms with E-state index in [4.69, 9.17) is 9.47 Å². The lowest BCUT2D eigenvalue weighted by atomic mass is 10.2. The zero-order chi connectivity index (χ0) is 13.7. The number of amides is 2. The van der Waals surface area contributed by atoms with Crippen molar-refractivity contribution in [3.8, 4) is 5.88 Å². The van der Waals surface area contributed by atoms with E-state index in [0.29, 0.717) is 32.2 Å². The predicted molar refractivity (Wildman–Crippen MR) is 70.0 cm³/mol. The summed E-state index contributed by atoms with van der Waals surface area (Å²) in [5, 5.41) is 2.90. The van der Waals surface area contributed by atoms with E-state index in [0.717, 1.165) is 5.56 Å². The molecule has 0 spiro atoms. The predicted octanol–water partition coefficient (Wildman–Crippen LogP) is 1.02. The minimum Gasteiger partial charge on any atom is -0.481 e. The molecular weight excluding hydrogens is 246 g/mol. The number of nitrogens with zero attached hydrogens (tertiary/aromatic N) is 2. The Morgan fingerprint density at radius 3 is 3.26 bits per heavy atom. The van der Waals surface area contributed by atoms with Crippen LogP contribution in [0.4, 0.5) is 4.79 Å². The number of carbonyl (C=O) groups is 1. The van der Waals surface area contributed by atoms with Crippen molar-refractivity contribution in [2.75, 3.05) is 26.9 Å². The van der Waals surface area contributed by atoms with Crippen molar-refractivity contribution in [3.05, 3.63) is 23.9 Å². The summed E-state index contributed by atoms with van der Waals surface area (Å²) in [5.74, 6) is 0.548. The molecule has 0 bridgehead atoms. The first kappa shape index (κ1) is 13.6. The van der Waals surface area contributed by atoms with Crippen molar-refractivity contribution < 1.29 is 14.3 Å². The highest BCUT2D eigenvalue weighted by Gasteiger charge is 2.23. The molecule has 0 radical (unpaired) electrons. The fourth-order valence-corrected chi connectivity index (χ4v) is 1.98. The van der Waals surface area contributed by atoms with Crippen LogP contribution in [0.1, 0.15) is 12.5 Å². The SMILES string of the molecule is COc1cc(CNC(=O)N2CCOC[C@@H]2C)ccn1. The summed E-state index contributed by atoms with van der Waals surface area (Å²) < 4.78 is 10.4. The van der Waals surface area contributed by atoms with Crippen molar-refractivity contribution in [1.82, 2.24) is 15.2 Å². The Kier molecular flexibility index (Phi) is 4.57. The Morgan fingerprint density at radius 2 is 2.53 bits per heavy atom. The quantitative estimate of drug-likeness (QED) is 0.886. The highest BCUT2D eigenvalue weighted by Crippen LogP contribution is 2.09. The molecule has 1 fully saturated rings. The van der Waals surface area contributed by atoms with Gasteiger partial charge < -0.3 is 19.7 Å². The van der Waals surface area contributed by atoms with E-state index in [2.05, 4.69) is 10.3 Å². The maximum absolute atomic E-state index is 12.0. The summed E-state index contributed by atoms with van der Waals surface area (Å²) in [5.41, 5.74) is 0.959. The maximum Gasteiger partial charge on any atom is 0.318 e. The van der Waals surface area contributed by atoms with Gasteiger partial charge in [-0.25, -0.2) is 9.78 Å². The van der Waals surface area contributed by atoms with Gasteiger partial charge in [0.05, 0.1) is 26.4 Å². The van der Waals surface area contributed by atoms with Gasteiger partial charge in [-0.1, -0.05) is 0 Å². The Balaban J connectivity index is 1.88. The van der Waals surface area contributed by atoms with Crippen molar-refractivity contribution >= 4 is 6.03 Å². The van der Waals surface area contributed by atoms with E-state index in [1.807, 2.05) is 19.1 Å². The van der Waals surface area contributed by atoms with Crippen LogP contribution in [0.3, 0.4) is 0 Å². The number of hydrogen-bond acceptors (Lipinski definition) is 4. The Bertz CT molecular complexity index is 439.